The van der Waals surface area contributed by atoms with Crippen LogP contribution in [-0.2, 0) is 12.6 Å². The van der Waals surface area contributed by atoms with Crippen LogP contribution in [0, 0.1) is 5.92 Å². The molecule has 1 aliphatic rings. The number of nitrogens with one attached hydrogen (secondary N) is 2. The molecule has 1 aromatic carbocycles. The van der Waals surface area contributed by atoms with E-state index in [1.807, 2.05) is 23.2 Å². The van der Waals surface area contributed by atoms with Crippen molar-refractivity contribution in [3.8, 4) is 0 Å². The SMILES string of the molecule is O=C(NCC1CCN(CCc2ccccc2)C1)c1cc(C(F)(F)F)c[nH]c1=O. The number of amides is 1. The third-order valence-electron chi connectivity index (χ3n) is 4.96. The predicted octanol–water partition coefficient (Wildman–Crippen LogP) is 2.69. The topological polar surface area (TPSA) is 65.2 Å². The summed E-state index contributed by atoms with van der Waals surface area (Å²) < 4.78 is 38.3. The molecule has 1 amide bonds. The molecule has 1 aliphatic heterocycles. The molecule has 0 spiro atoms. The van der Waals surface area contributed by atoms with Crippen LogP contribution in [0.25, 0.3) is 0 Å². The Hall–Kier alpha value is -2.61. The third-order valence-corrected chi connectivity index (χ3v) is 4.96. The molecule has 2 heterocycles. The van der Waals surface area contributed by atoms with Crippen molar-refractivity contribution in [2.24, 2.45) is 5.92 Å². The van der Waals surface area contributed by atoms with Crippen molar-refractivity contribution in [3.05, 3.63) is 69.6 Å². The van der Waals surface area contributed by atoms with Crippen LogP contribution in [0.2, 0.25) is 0 Å². The lowest BCUT2D eigenvalue weighted by Gasteiger charge is -2.16. The second kappa shape index (κ2) is 8.60. The van der Waals surface area contributed by atoms with E-state index in [1.54, 1.807) is 0 Å². The van der Waals surface area contributed by atoms with E-state index in [-0.39, 0.29) is 5.92 Å². The van der Waals surface area contributed by atoms with Gasteiger partial charge in [0.25, 0.3) is 11.5 Å². The van der Waals surface area contributed by atoms with Crippen molar-refractivity contribution in [1.82, 2.24) is 15.2 Å². The monoisotopic (exact) mass is 393 g/mol. The van der Waals surface area contributed by atoms with E-state index in [2.05, 4.69) is 22.3 Å². The first-order valence-corrected chi connectivity index (χ1v) is 9.17. The van der Waals surface area contributed by atoms with Gasteiger partial charge in [-0.05, 0) is 36.9 Å². The van der Waals surface area contributed by atoms with Crippen LogP contribution in [0.4, 0.5) is 13.2 Å². The summed E-state index contributed by atoms with van der Waals surface area (Å²) >= 11 is 0. The van der Waals surface area contributed by atoms with Crippen molar-refractivity contribution in [3.63, 3.8) is 0 Å². The van der Waals surface area contributed by atoms with Crippen LogP contribution in [0.5, 0.6) is 0 Å². The number of aromatic nitrogens is 1. The molecule has 3 rings (SSSR count). The molecule has 1 saturated heterocycles. The van der Waals surface area contributed by atoms with Gasteiger partial charge in [-0.2, -0.15) is 13.2 Å². The van der Waals surface area contributed by atoms with Gasteiger partial charge in [-0.3, -0.25) is 9.59 Å². The number of pyridine rings is 1. The Labute approximate surface area is 160 Å². The summed E-state index contributed by atoms with van der Waals surface area (Å²) in [6.45, 7) is 2.97. The van der Waals surface area contributed by atoms with E-state index in [1.165, 1.54) is 5.56 Å². The molecule has 1 aromatic heterocycles. The van der Waals surface area contributed by atoms with Crippen molar-refractivity contribution < 1.29 is 18.0 Å². The van der Waals surface area contributed by atoms with Gasteiger partial charge in [0.05, 0.1) is 5.56 Å². The van der Waals surface area contributed by atoms with E-state index in [9.17, 15) is 22.8 Å². The fourth-order valence-corrected chi connectivity index (χ4v) is 3.36. The normalized spacial score (nSPS) is 17.6. The van der Waals surface area contributed by atoms with Crippen molar-refractivity contribution in [2.45, 2.75) is 19.0 Å². The average Bonchev–Trinajstić information content (AvgIpc) is 3.12. The Morgan fingerprint density at radius 1 is 1.25 bits per heavy atom. The zero-order valence-corrected chi connectivity index (χ0v) is 15.3. The highest BCUT2D eigenvalue weighted by Gasteiger charge is 2.32. The van der Waals surface area contributed by atoms with Crippen LogP contribution < -0.4 is 10.9 Å². The van der Waals surface area contributed by atoms with Crippen LogP contribution in [0.15, 0.2) is 47.4 Å². The Morgan fingerprint density at radius 3 is 2.71 bits per heavy atom. The molecule has 0 saturated carbocycles. The lowest BCUT2D eigenvalue weighted by atomic mass is 10.1. The van der Waals surface area contributed by atoms with E-state index < -0.39 is 28.8 Å². The first kappa shape index (κ1) is 20.1. The summed E-state index contributed by atoms with van der Waals surface area (Å²) in [6, 6.07) is 10.8. The van der Waals surface area contributed by atoms with E-state index in [0.717, 1.165) is 32.5 Å². The summed E-state index contributed by atoms with van der Waals surface area (Å²) in [5, 5.41) is 2.60. The number of hydrogen-bond acceptors (Lipinski definition) is 3. The van der Waals surface area contributed by atoms with Crippen molar-refractivity contribution in [1.29, 1.82) is 0 Å². The summed E-state index contributed by atoms with van der Waals surface area (Å²) in [6.07, 6.45) is -2.21. The molecule has 8 heteroatoms. The minimum atomic E-state index is -4.62. The number of H-pyrrole nitrogens is 1. The number of halogens is 3. The van der Waals surface area contributed by atoms with Gasteiger partial charge in [0, 0.05) is 25.8 Å². The fourth-order valence-electron chi connectivity index (χ4n) is 3.36. The Bertz CT molecular complexity index is 865. The van der Waals surface area contributed by atoms with Gasteiger partial charge < -0.3 is 15.2 Å². The second-order valence-corrected chi connectivity index (χ2v) is 7.03. The maximum Gasteiger partial charge on any atom is 0.417 e. The molecule has 2 aromatic rings. The van der Waals surface area contributed by atoms with Gasteiger partial charge >= 0.3 is 6.18 Å². The van der Waals surface area contributed by atoms with Crippen LogP contribution in [0.3, 0.4) is 0 Å². The number of hydrogen-bond donors (Lipinski definition) is 2. The zero-order chi connectivity index (χ0) is 20.1. The largest absolute Gasteiger partial charge is 0.417 e. The van der Waals surface area contributed by atoms with E-state index in [4.69, 9.17) is 0 Å². The highest BCUT2D eigenvalue weighted by molar-refractivity contribution is 5.93. The smallest absolute Gasteiger partial charge is 0.352 e. The Morgan fingerprint density at radius 2 is 2.00 bits per heavy atom. The molecule has 0 bridgehead atoms. The van der Waals surface area contributed by atoms with Gasteiger partial charge in [-0.1, -0.05) is 30.3 Å². The first-order valence-electron chi connectivity index (χ1n) is 9.17. The Kier molecular flexibility index (Phi) is 6.18. The lowest BCUT2D eigenvalue weighted by molar-refractivity contribution is -0.137. The Balaban J connectivity index is 1.50. The molecule has 5 nitrogen and oxygen atoms in total. The van der Waals surface area contributed by atoms with E-state index in [0.29, 0.717) is 18.8 Å². The number of carbonyl (C=O) groups excluding carboxylic acids is 1. The number of carbonyl (C=O) groups is 1. The highest BCUT2D eigenvalue weighted by Crippen LogP contribution is 2.28. The quantitative estimate of drug-likeness (QED) is 0.793. The predicted molar refractivity (Wildman–Crippen MR) is 99.1 cm³/mol. The molecule has 28 heavy (non-hydrogen) atoms. The van der Waals surface area contributed by atoms with Gasteiger partial charge in [0.2, 0.25) is 0 Å². The van der Waals surface area contributed by atoms with Gasteiger partial charge in [-0.25, -0.2) is 0 Å². The molecule has 1 unspecified atom stereocenters. The van der Waals surface area contributed by atoms with Gasteiger partial charge in [0.1, 0.15) is 5.56 Å². The number of rotatable bonds is 6. The minimum absolute atomic E-state index is 0.213. The van der Waals surface area contributed by atoms with E-state index >= 15 is 0 Å². The lowest BCUT2D eigenvalue weighted by Crippen LogP contribution is -2.34. The molecule has 150 valence electrons. The molecule has 1 atom stereocenters. The average molecular weight is 393 g/mol. The number of aromatic amines is 1. The molecule has 1 fully saturated rings. The summed E-state index contributed by atoms with van der Waals surface area (Å²) in [7, 11) is 0. The van der Waals surface area contributed by atoms with Crippen molar-refractivity contribution in [2.75, 3.05) is 26.2 Å². The maximum absolute atomic E-state index is 12.8. The fraction of sp³-hybridized carbons (Fsp3) is 0.400. The van der Waals surface area contributed by atoms with Crippen molar-refractivity contribution >= 4 is 5.91 Å². The molecule has 0 radical (unpaired) electrons. The second-order valence-electron chi connectivity index (χ2n) is 7.03. The number of benzene rings is 1. The molecule has 2 N–H and O–H groups in total. The summed E-state index contributed by atoms with van der Waals surface area (Å²) in [4.78, 5) is 28.2. The van der Waals surface area contributed by atoms with Gasteiger partial charge in [-0.15, -0.1) is 0 Å². The van der Waals surface area contributed by atoms with Gasteiger partial charge in [0.15, 0.2) is 0 Å². The maximum atomic E-state index is 12.8. The highest BCUT2D eigenvalue weighted by atomic mass is 19.4. The molecular formula is C20H22F3N3O2. The van der Waals surface area contributed by atoms with Crippen LogP contribution in [0.1, 0.15) is 27.9 Å². The standard InChI is InChI=1S/C20H22F3N3O2/c21-20(22,23)16-10-17(19(28)25-12-16)18(27)24-11-15-7-9-26(13-15)8-6-14-4-2-1-3-5-14/h1-5,10,12,15H,6-9,11,13H2,(H,24,27)(H,25,28). The molecular weight excluding hydrogens is 371 g/mol. The number of alkyl halides is 3. The van der Waals surface area contributed by atoms with Crippen LogP contribution >= 0.6 is 0 Å². The number of likely N-dealkylation sites (tertiary alicyclic amines) is 1. The zero-order valence-electron chi connectivity index (χ0n) is 15.3. The molecule has 0 aliphatic carbocycles. The third kappa shape index (κ3) is 5.22. The first-order chi connectivity index (χ1) is 13.3. The minimum Gasteiger partial charge on any atom is -0.352 e. The van der Waals surface area contributed by atoms with Crippen LogP contribution in [-0.4, -0.2) is 42.0 Å². The summed E-state index contributed by atoms with van der Waals surface area (Å²) in [5.74, 6) is -0.570. The summed E-state index contributed by atoms with van der Waals surface area (Å²) in [5.41, 5.74) is -1.14. The number of nitrogens with zero attached hydrogens (tertiary/aromatic N) is 1.